The van der Waals surface area contributed by atoms with Crippen LogP contribution in [-0.4, -0.2) is 16.0 Å². The molecule has 1 aliphatic rings. The van der Waals surface area contributed by atoms with Crippen molar-refractivity contribution in [1.82, 2.24) is 10.1 Å². The normalized spacial score (nSPS) is 17.9. The zero-order valence-corrected chi connectivity index (χ0v) is 9.44. The minimum atomic E-state index is 0.309. The smallest absolute Gasteiger partial charge is 0.227 e. The maximum absolute atomic E-state index is 5.63. The average molecular weight is 235 g/mol. The van der Waals surface area contributed by atoms with Gasteiger partial charge in [0.25, 0.3) is 0 Å². The number of hydrogen-bond acceptors (Lipinski definition) is 3. The van der Waals surface area contributed by atoms with Gasteiger partial charge in [-0.25, -0.2) is 0 Å². The summed E-state index contributed by atoms with van der Waals surface area (Å²) in [5, 5.41) is 4.01. The third-order valence-electron chi connectivity index (χ3n) is 2.96. The Morgan fingerprint density at radius 3 is 3.06 bits per heavy atom. The van der Waals surface area contributed by atoms with Crippen LogP contribution < -0.4 is 0 Å². The van der Waals surface area contributed by atoms with Gasteiger partial charge in [-0.05, 0) is 17.5 Å². The number of halogens is 1. The second kappa shape index (κ2) is 3.91. The van der Waals surface area contributed by atoms with Crippen LogP contribution in [0.5, 0.6) is 0 Å². The Morgan fingerprint density at radius 2 is 2.25 bits per heavy atom. The highest BCUT2D eigenvalue weighted by Gasteiger charge is 2.30. The summed E-state index contributed by atoms with van der Waals surface area (Å²) in [4.78, 5) is 4.36. The van der Waals surface area contributed by atoms with E-state index in [4.69, 9.17) is 16.1 Å². The molecule has 0 N–H and O–H groups in total. The van der Waals surface area contributed by atoms with Crippen molar-refractivity contribution in [3.63, 3.8) is 0 Å². The second-order valence-corrected chi connectivity index (χ2v) is 4.32. The number of nitrogens with zero attached hydrogens (tertiary/aromatic N) is 2. The molecule has 1 heterocycles. The van der Waals surface area contributed by atoms with E-state index >= 15 is 0 Å². The first-order chi connectivity index (χ1) is 7.88. The van der Waals surface area contributed by atoms with E-state index < -0.39 is 0 Å². The monoisotopic (exact) mass is 234 g/mol. The van der Waals surface area contributed by atoms with Gasteiger partial charge in [0.2, 0.25) is 5.89 Å². The Kier molecular flexibility index (Phi) is 2.40. The summed E-state index contributed by atoms with van der Waals surface area (Å²) in [6, 6.07) is 8.38. The van der Waals surface area contributed by atoms with Gasteiger partial charge in [0.15, 0.2) is 5.82 Å². The topological polar surface area (TPSA) is 38.9 Å². The molecule has 1 unspecified atom stereocenters. The Labute approximate surface area is 98.4 Å². The van der Waals surface area contributed by atoms with Crippen molar-refractivity contribution in [2.75, 3.05) is 5.88 Å². The van der Waals surface area contributed by atoms with Crippen LogP contribution in [0.15, 0.2) is 28.8 Å². The Morgan fingerprint density at radius 1 is 1.38 bits per heavy atom. The third kappa shape index (κ3) is 1.52. The van der Waals surface area contributed by atoms with E-state index in [0.29, 0.717) is 24.1 Å². The molecule has 0 radical (unpaired) electrons. The predicted octanol–water partition coefficient (Wildman–Crippen LogP) is 2.54. The number of fused-ring (bicyclic) bond motifs is 1. The van der Waals surface area contributed by atoms with E-state index in [2.05, 4.69) is 28.3 Å². The summed E-state index contributed by atoms with van der Waals surface area (Å²) < 4.78 is 5.13. The third-order valence-corrected chi connectivity index (χ3v) is 3.15. The van der Waals surface area contributed by atoms with Gasteiger partial charge in [0.1, 0.15) is 0 Å². The van der Waals surface area contributed by atoms with Gasteiger partial charge in [0.05, 0.1) is 5.92 Å². The van der Waals surface area contributed by atoms with E-state index in [-0.39, 0.29) is 0 Å². The molecule has 0 saturated heterocycles. The van der Waals surface area contributed by atoms with Gasteiger partial charge in [-0.15, -0.1) is 11.6 Å². The van der Waals surface area contributed by atoms with E-state index in [0.717, 1.165) is 12.2 Å². The minimum absolute atomic E-state index is 0.309. The van der Waals surface area contributed by atoms with Crippen molar-refractivity contribution in [3.05, 3.63) is 47.1 Å². The van der Waals surface area contributed by atoms with Gasteiger partial charge in [0, 0.05) is 12.3 Å². The van der Waals surface area contributed by atoms with Crippen LogP contribution in [0.2, 0.25) is 0 Å². The average Bonchev–Trinajstić information content (AvgIpc) is 2.69. The summed E-state index contributed by atoms with van der Waals surface area (Å²) in [7, 11) is 0. The molecule has 0 spiro atoms. The summed E-state index contributed by atoms with van der Waals surface area (Å²) in [5.74, 6) is 2.25. The van der Waals surface area contributed by atoms with Crippen LogP contribution in [-0.2, 0) is 12.8 Å². The minimum Gasteiger partial charge on any atom is -0.339 e. The van der Waals surface area contributed by atoms with Crippen LogP contribution in [0.4, 0.5) is 0 Å². The highest BCUT2D eigenvalue weighted by Crippen LogP contribution is 2.38. The lowest BCUT2D eigenvalue weighted by atomic mass is 9.77. The number of hydrogen-bond donors (Lipinski definition) is 0. The van der Waals surface area contributed by atoms with Crippen LogP contribution in [0.3, 0.4) is 0 Å². The molecule has 0 fully saturated rings. The molecule has 1 aromatic heterocycles. The van der Waals surface area contributed by atoms with Crippen molar-refractivity contribution in [2.45, 2.75) is 18.8 Å². The molecule has 4 heteroatoms. The molecule has 0 saturated carbocycles. The molecule has 82 valence electrons. The second-order valence-electron chi connectivity index (χ2n) is 3.94. The SMILES string of the molecule is ClCCc1nc(C2Cc3ccccc32)no1. The standard InChI is InChI=1S/C12H11ClN2O/c13-6-5-11-14-12(15-16-11)10-7-8-3-1-2-4-9(8)10/h1-4,10H,5-7H2. The van der Waals surface area contributed by atoms with Gasteiger partial charge in [-0.1, -0.05) is 29.4 Å². The molecule has 16 heavy (non-hydrogen) atoms. The molecule has 0 aliphatic heterocycles. The number of rotatable bonds is 3. The van der Waals surface area contributed by atoms with Crippen molar-refractivity contribution in [1.29, 1.82) is 0 Å². The highest BCUT2D eigenvalue weighted by molar-refractivity contribution is 6.17. The van der Waals surface area contributed by atoms with Crippen molar-refractivity contribution in [2.24, 2.45) is 0 Å². The van der Waals surface area contributed by atoms with Gasteiger partial charge in [-0.2, -0.15) is 4.98 Å². The Bertz CT molecular complexity index is 509. The fourth-order valence-corrected chi connectivity index (χ4v) is 2.24. The Balaban J connectivity index is 1.85. The lowest BCUT2D eigenvalue weighted by Crippen LogP contribution is -2.19. The molecule has 0 amide bonds. The first-order valence-corrected chi connectivity index (χ1v) is 5.88. The summed E-state index contributed by atoms with van der Waals surface area (Å²) >= 11 is 5.63. The lowest BCUT2D eigenvalue weighted by molar-refractivity contribution is 0.373. The summed E-state index contributed by atoms with van der Waals surface area (Å²) in [6.45, 7) is 0. The molecule has 0 bridgehead atoms. The zero-order chi connectivity index (χ0) is 11.0. The van der Waals surface area contributed by atoms with Crippen molar-refractivity contribution in [3.8, 4) is 0 Å². The van der Waals surface area contributed by atoms with E-state index in [9.17, 15) is 0 Å². The number of benzene rings is 1. The molecule has 3 nitrogen and oxygen atoms in total. The van der Waals surface area contributed by atoms with E-state index in [1.807, 2.05) is 6.07 Å². The number of aromatic nitrogens is 2. The fraction of sp³-hybridized carbons (Fsp3) is 0.333. The van der Waals surface area contributed by atoms with Crippen molar-refractivity contribution >= 4 is 11.6 Å². The summed E-state index contributed by atoms with van der Waals surface area (Å²) in [5.41, 5.74) is 2.71. The molecule has 1 aliphatic carbocycles. The van der Waals surface area contributed by atoms with Gasteiger partial charge in [-0.3, -0.25) is 0 Å². The molecule has 3 rings (SSSR count). The van der Waals surface area contributed by atoms with E-state index in [1.54, 1.807) is 0 Å². The molecular formula is C12H11ClN2O. The van der Waals surface area contributed by atoms with Gasteiger partial charge >= 0.3 is 0 Å². The highest BCUT2D eigenvalue weighted by atomic mass is 35.5. The molecular weight excluding hydrogens is 224 g/mol. The van der Waals surface area contributed by atoms with Crippen LogP contribution in [0.1, 0.15) is 28.8 Å². The Hall–Kier alpha value is -1.35. The van der Waals surface area contributed by atoms with Crippen LogP contribution in [0, 0.1) is 0 Å². The first-order valence-electron chi connectivity index (χ1n) is 5.34. The molecule has 2 aromatic rings. The number of aryl methyl sites for hydroxylation is 1. The maximum Gasteiger partial charge on any atom is 0.227 e. The maximum atomic E-state index is 5.63. The van der Waals surface area contributed by atoms with Crippen molar-refractivity contribution < 1.29 is 4.52 Å². The lowest BCUT2D eigenvalue weighted by Gasteiger charge is -2.27. The first kappa shape index (κ1) is 9.85. The molecule has 1 aromatic carbocycles. The zero-order valence-electron chi connectivity index (χ0n) is 8.69. The molecule has 1 atom stereocenters. The van der Waals surface area contributed by atoms with E-state index in [1.165, 1.54) is 11.1 Å². The fourth-order valence-electron chi connectivity index (χ4n) is 2.08. The van der Waals surface area contributed by atoms with Gasteiger partial charge < -0.3 is 4.52 Å². The predicted molar refractivity (Wildman–Crippen MR) is 60.7 cm³/mol. The van der Waals surface area contributed by atoms with Crippen LogP contribution in [0.25, 0.3) is 0 Å². The summed E-state index contributed by atoms with van der Waals surface area (Å²) in [6.07, 6.45) is 1.65. The quantitative estimate of drug-likeness (QED) is 0.767. The number of alkyl halides is 1. The largest absolute Gasteiger partial charge is 0.339 e. The van der Waals surface area contributed by atoms with Crippen LogP contribution >= 0.6 is 11.6 Å².